The molecule has 0 saturated heterocycles. The van der Waals surface area contributed by atoms with E-state index in [4.69, 9.17) is 9.52 Å². The number of carboxylic acids is 1. The van der Waals surface area contributed by atoms with Crippen LogP contribution < -0.4 is 0 Å². The van der Waals surface area contributed by atoms with Gasteiger partial charge >= 0.3 is 5.97 Å². The minimum atomic E-state index is -1.02. The van der Waals surface area contributed by atoms with Crippen molar-refractivity contribution in [1.82, 2.24) is 4.90 Å². The number of fused-ring (bicyclic) bond motifs is 1. The van der Waals surface area contributed by atoms with Crippen molar-refractivity contribution >= 4 is 29.3 Å². The lowest BCUT2D eigenvalue weighted by molar-refractivity contribution is 0.0662. The number of aromatic carboxylic acids is 1. The van der Waals surface area contributed by atoms with Gasteiger partial charge in [0, 0.05) is 17.5 Å². The standard InChI is InChI=1S/C12H13NO3.ClH/c1-13(2)7-9-8-5-3-4-6-10(8)16-11(9)12(14)15;/h3-6H,7H2,1-2H3,(H,14,15);1H. The average Bonchev–Trinajstić information content (AvgIpc) is 2.57. The number of furan rings is 1. The number of para-hydroxylation sites is 1. The molecule has 0 amide bonds. The number of halogens is 1. The number of carbonyl (C=O) groups is 1. The van der Waals surface area contributed by atoms with Crippen LogP contribution in [0.2, 0.25) is 0 Å². The molecule has 0 saturated carbocycles. The van der Waals surface area contributed by atoms with E-state index in [9.17, 15) is 4.79 Å². The fourth-order valence-corrected chi connectivity index (χ4v) is 1.74. The first-order chi connectivity index (χ1) is 7.59. The van der Waals surface area contributed by atoms with Crippen molar-refractivity contribution < 1.29 is 14.3 Å². The number of nitrogens with zero attached hydrogens (tertiary/aromatic N) is 1. The Bertz CT molecular complexity index is 534. The van der Waals surface area contributed by atoms with E-state index >= 15 is 0 Å². The maximum absolute atomic E-state index is 11.1. The van der Waals surface area contributed by atoms with E-state index in [1.165, 1.54) is 0 Å². The van der Waals surface area contributed by atoms with Gasteiger partial charge in [-0.3, -0.25) is 0 Å². The third-order valence-electron chi connectivity index (χ3n) is 2.37. The maximum Gasteiger partial charge on any atom is 0.372 e. The van der Waals surface area contributed by atoms with Gasteiger partial charge in [-0.15, -0.1) is 12.4 Å². The van der Waals surface area contributed by atoms with Crippen LogP contribution in [-0.4, -0.2) is 30.1 Å². The SMILES string of the molecule is CN(C)Cc1c(C(=O)O)oc2ccccc12.Cl. The van der Waals surface area contributed by atoms with Gasteiger partial charge in [0.25, 0.3) is 0 Å². The predicted molar refractivity (Wildman–Crippen MR) is 67.8 cm³/mol. The second-order valence-corrected chi connectivity index (χ2v) is 3.95. The molecule has 2 rings (SSSR count). The summed E-state index contributed by atoms with van der Waals surface area (Å²) in [5.74, 6) is -0.983. The maximum atomic E-state index is 11.1. The third-order valence-corrected chi connectivity index (χ3v) is 2.37. The van der Waals surface area contributed by atoms with Crippen LogP contribution in [0.4, 0.5) is 0 Å². The second kappa shape index (κ2) is 5.21. The van der Waals surface area contributed by atoms with Crippen LogP contribution >= 0.6 is 12.4 Å². The van der Waals surface area contributed by atoms with Crippen LogP contribution in [0.1, 0.15) is 16.1 Å². The van der Waals surface area contributed by atoms with E-state index in [-0.39, 0.29) is 18.2 Å². The summed E-state index contributed by atoms with van der Waals surface area (Å²) in [4.78, 5) is 13.0. The molecule has 1 aromatic carbocycles. The van der Waals surface area contributed by atoms with Gasteiger partial charge in [-0.1, -0.05) is 18.2 Å². The van der Waals surface area contributed by atoms with Crippen LogP contribution in [0.15, 0.2) is 28.7 Å². The Morgan fingerprint density at radius 2 is 2.00 bits per heavy atom. The molecule has 5 heteroatoms. The average molecular weight is 256 g/mol. The first kappa shape index (κ1) is 13.5. The Hall–Kier alpha value is -1.52. The van der Waals surface area contributed by atoms with Gasteiger partial charge in [-0.05, 0) is 20.2 Å². The number of hydrogen-bond donors (Lipinski definition) is 1. The second-order valence-electron chi connectivity index (χ2n) is 3.95. The Labute approximate surface area is 105 Å². The Balaban J connectivity index is 0.00000144. The van der Waals surface area contributed by atoms with Gasteiger partial charge in [-0.25, -0.2) is 4.79 Å². The molecule has 92 valence electrons. The topological polar surface area (TPSA) is 53.7 Å². The van der Waals surface area contributed by atoms with Crippen molar-refractivity contribution in [2.24, 2.45) is 0 Å². The third kappa shape index (κ3) is 2.60. The summed E-state index contributed by atoms with van der Waals surface area (Å²) in [6.07, 6.45) is 0. The summed E-state index contributed by atoms with van der Waals surface area (Å²) in [5.41, 5.74) is 1.35. The molecule has 0 bridgehead atoms. The molecule has 1 heterocycles. The van der Waals surface area contributed by atoms with Gasteiger partial charge in [0.2, 0.25) is 5.76 Å². The molecule has 0 radical (unpaired) electrons. The Morgan fingerprint density at radius 1 is 1.35 bits per heavy atom. The molecule has 0 aliphatic carbocycles. The quantitative estimate of drug-likeness (QED) is 0.916. The first-order valence-corrected chi connectivity index (χ1v) is 4.98. The minimum absolute atomic E-state index is 0. The molecule has 0 unspecified atom stereocenters. The van der Waals surface area contributed by atoms with Crippen molar-refractivity contribution in [3.8, 4) is 0 Å². The lowest BCUT2D eigenvalue weighted by atomic mass is 10.1. The summed E-state index contributed by atoms with van der Waals surface area (Å²) >= 11 is 0. The number of hydrogen-bond acceptors (Lipinski definition) is 3. The molecular weight excluding hydrogens is 242 g/mol. The number of rotatable bonds is 3. The van der Waals surface area contributed by atoms with Crippen molar-refractivity contribution in [1.29, 1.82) is 0 Å². The predicted octanol–water partition coefficient (Wildman–Crippen LogP) is 2.61. The van der Waals surface area contributed by atoms with Crippen molar-refractivity contribution in [3.05, 3.63) is 35.6 Å². The van der Waals surface area contributed by atoms with E-state index in [2.05, 4.69) is 0 Å². The van der Waals surface area contributed by atoms with E-state index in [0.717, 1.165) is 10.9 Å². The van der Waals surface area contributed by atoms with Gasteiger partial charge in [0.15, 0.2) is 0 Å². The van der Waals surface area contributed by atoms with Gasteiger partial charge < -0.3 is 14.4 Å². The highest BCUT2D eigenvalue weighted by molar-refractivity contribution is 5.95. The molecule has 0 aliphatic rings. The summed E-state index contributed by atoms with van der Waals surface area (Å²) in [6.45, 7) is 0.554. The summed E-state index contributed by atoms with van der Waals surface area (Å²) in [7, 11) is 3.79. The molecule has 0 aliphatic heterocycles. The fraction of sp³-hybridized carbons (Fsp3) is 0.250. The lowest BCUT2D eigenvalue weighted by Gasteiger charge is -2.08. The van der Waals surface area contributed by atoms with Crippen LogP contribution in [-0.2, 0) is 6.54 Å². The zero-order valence-electron chi connectivity index (χ0n) is 9.64. The van der Waals surface area contributed by atoms with E-state index in [1.807, 2.05) is 37.2 Å². The smallest absolute Gasteiger partial charge is 0.372 e. The van der Waals surface area contributed by atoms with Crippen molar-refractivity contribution in [2.45, 2.75) is 6.54 Å². The molecule has 0 spiro atoms. The Morgan fingerprint density at radius 3 is 2.59 bits per heavy atom. The van der Waals surface area contributed by atoms with Gasteiger partial charge in [0.05, 0.1) is 0 Å². The zero-order chi connectivity index (χ0) is 11.7. The highest BCUT2D eigenvalue weighted by Crippen LogP contribution is 2.26. The van der Waals surface area contributed by atoms with Crippen molar-refractivity contribution in [2.75, 3.05) is 14.1 Å². The molecule has 17 heavy (non-hydrogen) atoms. The lowest BCUT2D eigenvalue weighted by Crippen LogP contribution is -2.13. The number of benzene rings is 1. The summed E-state index contributed by atoms with van der Waals surface area (Å²) in [6, 6.07) is 7.37. The highest BCUT2D eigenvalue weighted by atomic mass is 35.5. The van der Waals surface area contributed by atoms with E-state index in [1.54, 1.807) is 6.07 Å². The normalized spacial score (nSPS) is 10.5. The molecule has 0 fully saturated rings. The molecule has 4 nitrogen and oxygen atoms in total. The van der Waals surface area contributed by atoms with Crippen molar-refractivity contribution in [3.63, 3.8) is 0 Å². The molecule has 1 aromatic heterocycles. The fourth-order valence-electron chi connectivity index (χ4n) is 1.74. The molecular formula is C12H14ClNO3. The van der Waals surface area contributed by atoms with Crippen LogP contribution in [0.3, 0.4) is 0 Å². The first-order valence-electron chi connectivity index (χ1n) is 4.98. The highest BCUT2D eigenvalue weighted by Gasteiger charge is 2.19. The zero-order valence-corrected chi connectivity index (χ0v) is 10.5. The Kier molecular flexibility index (Phi) is 4.15. The van der Waals surface area contributed by atoms with Gasteiger partial charge in [0.1, 0.15) is 5.58 Å². The monoisotopic (exact) mass is 255 g/mol. The number of carboxylic acid groups (broad SMARTS) is 1. The van der Waals surface area contributed by atoms with Crippen LogP contribution in [0.25, 0.3) is 11.0 Å². The van der Waals surface area contributed by atoms with Crippen LogP contribution in [0.5, 0.6) is 0 Å². The minimum Gasteiger partial charge on any atom is -0.475 e. The summed E-state index contributed by atoms with van der Waals surface area (Å²) in [5, 5.41) is 9.94. The van der Waals surface area contributed by atoms with E-state index in [0.29, 0.717) is 12.1 Å². The van der Waals surface area contributed by atoms with Crippen LogP contribution in [0, 0.1) is 0 Å². The molecule has 1 N–H and O–H groups in total. The summed E-state index contributed by atoms with van der Waals surface area (Å²) < 4.78 is 5.34. The molecule has 2 aromatic rings. The van der Waals surface area contributed by atoms with E-state index < -0.39 is 5.97 Å². The van der Waals surface area contributed by atoms with Gasteiger partial charge in [-0.2, -0.15) is 0 Å². The largest absolute Gasteiger partial charge is 0.475 e. The molecule has 0 atom stereocenters.